The van der Waals surface area contributed by atoms with Crippen molar-refractivity contribution < 1.29 is 9.53 Å². The second-order valence-electron chi connectivity index (χ2n) is 6.24. The van der Waals surface area contributed by atoms with E-state index in [1.807, 2.05) is 51.1 Å². The predicted molar refractivity (Wildman–Crippen MR) is 77.9 cm³/mol. The molecule has 0 saturated heterocycles. The second kappa shape index (κ2) is 6.60. The molecule has 3 nitrogen and oxygen atoms in total. The summed E-state index contributed by atoms with van der Waals surface area (Å²) in [5.74, 6) is 0.413. The van der Waals surface area contributed by atoms with Gasteiger partial charge in [0.1, 0.15) is 5.60 Å². The maximum atomic E-state index is 12.2. The Balaban J connectivity index is 2.74. The van der Waals surface area contributed by atoms with Gasteiger partial charge in [-0.3, -0.25) is 0 Å². The van der Waals surface area contributed by atoms with E-state index in [4.69, 9.17) is 4.74 Å². The third-order valence-corrected chi connectivity index (χ3v) is 2.45. The minimum Gasteiger partial charge on any atom is -0.444 e. The van der Waals surface area contributed by atoms with E-state index in [9.17, 15) is 4.79 Å². The van der Waals surface area contributed by atoms with Crippen molar-refractivity contribution in [2.24, 2.45) is 5.92 Å². The Morgan fingerprint density at radius 3 is 2.26 bits per heavy atom. The van der Waals surface area contributed by atoms with Gasteiger partial charge < -0.3 is 9.64 Å². The van der Waals surface area contributed by atoms with Crippen molar-refractivity contribution in [2.45, 2.75) is 46.8 Å². The summed E-state index contributed by atoms with van der Waals surface area (Å²) in [6, 6.07) is 10.00. The highest BCUT2D eigenvalue weighted by Gasteiger charge is 2.22. The number of hydrogen-bond donors (Lipinski definition) is 0. The van der Waals surface area contributed by atoms with Gasteiger partial charge in [-0.15, -0.1) is 0 Å². The molecule has 3 heteroatoms. The molecule has 0 spiro atoms. The van der Waals surface area contributed by atoms with Crippen LogP contribution in [0.25, 0.3) is 0 Å². The van der Waals surface area contributed by atoms with Crippen molar-refractivity contribution in [3.8, 4) is 0 Å². The van der Waals surface area contributed by atoms with Crippen LogP contribution >= 0.6 is 0 Å². The van der Waals surface area contributed by atoms with Crippen LogP contribution in [0.1, 0.15) is 40.2 Å². The molecular weight excluding hydrogens is 238 g/mol. The van der Waals surface area contributed by atoms with E-state index >= 15 is 0 Å². The maximum absolute atomic E-state index is 12.2. The number of nitrogens with zero attached hydrogens (tertiary/aromatic N) is 1. The van der Waals surface area contributed by atoms with Crippen LogP contribution in [0.15, 0.2) is 30.3 Å². The molecule has 106 valence electrons. The lowest BCUT2D eigenvalue weighted by Crippen LogP contribution is -2.38. The van der Waals surface area contributed by atoms with Crippen LogP contribution in [0, 0.1) is 5.92 Å². The van der Waals surface area contributed by atoms with Crippen LogP contribution in [-0.2, 0) is 11.3 Å². The standard InChI is InChI=1S/C16H25NO2/c1-13(2)11-17(15(18)19-16(3,4)5)12-14-9-7-6-8-10-14/h6-10,13H,11-12H2,1-5H3. The fourth-order valence-corrected chi connectivity index (χ4v) is 1.77. The van der Waals surface area contributed by atoms with Crippen LogP contribution < -0.4 is 0 Å². The molecule has 0 unspecified atom stereocenters. The second-order valence-corrected chi connectivity index (χ2v) is 6.24. The highest BCUT2D eigenvalue weighted by atomic mass is 16.6. The molecule has 0 N–H and O–H groups in total. The van der Waals surface area contributed by atoms with Crippen molar-refractivity contribution in [1.82, 2.24) is 4.90 Å². The van der Waals surface area contributed by atoms with Gasteiger partial charge in [0, 0.05) is 13.1 Å². The molecule has 0 saturated carbocycles. The zero-order chi connectivity index (χ0) is 14.5. The van der Waals surface area contributed by atoms with E-state index in [1.165, 1.54) is 0 Å². The quantitative estimate of drug-likeness (QED) is 0.819. The van der Waals surface area contributed by atoms with Crippen molar-refractivity contribution >= 4 is 6.09 Å². The molecule has 0 bridgehead atoms. The normalized spacial score (nSPS) is 11.5. The van der Waals surface area contributed by atoms with Crippen molar-refractivity contribution in [2.75, 3.05) is 6.54 Å². The van der Waals surface area contributed by atoms with Crippen LogP contribution in [0.4, 0.5) is 4.79 Å². The highest BCUT2D eigenvalue weighted by Crippen LogP contribution is 2.14. The fraction of sp³-hybridized carbons (Fsp3) is 0.562. The molecule has 0 aromatic heterocycles. The van der Waals surface area contributed by atoms with Crippen molar-refractivity contribution in [3.05, 3.63) is 35.9 Å². The largest absolute Gasteiger partial charge is 0.444 e. The molecule has 0 aliphatic carbocycles. The predicted octanol–water partition coefficient (Wildman–Crippen LogP) is 4.08. The number of ether oxygens (including phenoxy) is 1. The maximum Gasteiger partial charge on any atom is 0.410 e. The molecule has 0 aliphatic heterocycles. The van der Waals surface area contributed by atoms with Crippen molar-refractivity contribution in [1.29, 1.82) is 0 Å². The lowest BCUT2D eigenvalue weighted by Gasteiger charge is -2.28. The summed E-state index contributed by atoms with van der Waals surface area (Å²) in [4.78, 5) is 14.0. The van der Waals surface area contributed by atoms with E-state index in [2.05, 4.69) is 13.8 Å². The molecule has 0 fully saturated rings. The Morgan fingerprint density at radius 2 is 1.79 bits per heavy atom. The van der Waals surface area contributed by atoms with Gasteiger partial charge in [-0.1, -0.05) is 44.2 Å². The van der Waals surface area contributed by atoms with E-state index < -0.39 is 5.60 Å². The van der Waals surface area contributed by atoms with E-state index in [0.717, 1.165) is 5.56 Å². The van der Waals surface area contributed by atoms with Gasteiger partial charge in [-0.25, -0.2) is 4.79 Å². The third-order valence-electron chi connectivity index (χ3n) is 2.45. The highest BCUT2D eigenvalue weighted by molar-refractivity contribution is 5.68. The van der Waals surface area contributed by atoms with Gasteiger partial charge in [-0.05, 0) is 32.3 Å². The molecule has 1 amide bonds. The Morgan fingerprint density at radius 1 is 1.21 bits per heavy atom. The third kappa shape index (κ3) is 6.27. The first-order valence-electron chi connectivity index (χ1n) is 6.80. The summed E-state index contributed by atoms with van der Waals surface area (Å²) in [5.41, 5.74) is 0.664. The Bertz CT molecular complexity index is 393. The van der Waals surface area contributed by atoms with Crippen molar-refractivity contribution in [3.63, 3.8) is 0 Å². The first kappa shape index (κ1) is 15.5. The van der Waals surface area contributed by atoms with Crippen LogP contribution in [0.2, 0.25) is 0 Å². The average molecular weight is 263 g/mol. The zero-order valence-corrected chi connectivity index (χ0v) is 12.6. The Hall–Kier alpha value is -1.51. The van der Waals surface area contributed by atoms with Gasteiger partial charge >= 0.3 is 6.09 Å². The summed E-state index contributed by atoms with van der Waals surface area (Å²) < 4.78 is 5.46. The molecular formula is C16H25NO2. The first-order valence-corrected chi connectivity index (χ1v) is 6.80. The van der Waals surface area contributed by atoms with Gasteiger partial charge in [-0.2, -0.15) is 0 Å². The fourth-order valence-electron chi connectivity index (χ4n) is 1.77. The van der Waals surface area contributed by atoms with Crippen LogP contribution in [0.5, 0.6) is 0 Å². The Kier molecular flexibility index (Phi) is 5.40. The smallest absolute Gasteiger partial charge is 0.410 e. The van der Waals surface area contributed by atoms with Gasteiger partial charge in [0.05, 0.1) is 0 Å². The summed E-state index contributed by atoms with van der Waals surface area (Å²) in [7, 11) is 0. The number of benzene rings is 1. The molecule has 1 rings (SSSR count). The van der Waals surface area contributed by atoms with E-state index in [-0.39, 0.29) is 6.09 Å². The SMILES string of the molecule is CC(C)CN(Cc1ccccc1)C(=O)OC(C)(C)C. The molecule has 0 aliphatic rings. The number of carbonyl (C=O) groups excluding carboxylic acids is 1. The lowest BCUT2D eigenvalue weighted by atomic mass is 10.1. The minimum atomic E-state index is -0.455. The number of rotatable bonds is 4. The summed E-state index contributed by atoms with van der Waals surface area (Å²) in [5, 5.41) is 0. The topological polar surface area (TPSA) is 29.5 Å². The van der Waals surface area contributed by atoms with Gasteiger partial charge in [0.2, 0.25) is 0 Å². The van der Waals surface area contributed by atoms with Crippen LogP contribution in [-0.4, -0.2) is 23.1 Å². The molecule has 0 atom stereocenters. The molecule has 1 aromatic carbocycles. The first-order chi connectivity index (χ1) is 8.78. The molecule has 19 heavy (non-hydrogen) atoms. The zero-order valence-electron chi connectivity index (χ0n) is 12.6. The summed E-state index contributed by atoms with van der Waals surface area (Å²) in [6.45, 7) is 11.2. The molecule has 0 heterocycles. The summed E-state index contributed by atoms with van der Waals surface area (Å²) >= 11 is 0. The van der Waals surface area contributed by atoms with Gasteiger partial charge in [0.25, 0.3) is 0 Å². The molecule has 1 aromatic rings. The number of hydrogen-bond acceptors (Lipinski definition) is 2. The minimum absolute atomic E-state index is 0.245. The Labute approximate surface area is 116 Å². The lowest BCUT2D eigenvalue weighted by molar-refractivity contribution is 0.0211. The van der Waals surface area contributed by atoms with E-state index in [1.54, 1.807) is 4.90 Å². The average Bonchev–Trinajstić information content (AvgIpc) is 2.26. The molecule has 0 radical (unpaired) electrons. The number of amides is 1. The summed E-state index contributed by atoms with van der Waals surface area (Å²) in [6.07, 6.45) is -0.245. The van der Waals surface area contributed by atoms with Gasteiger partial charge in [0.15, 0.2) is 0 Å². The van der Waals surface area contributed by atoms with Crippen LogP contribution in [0.3, 0.4) is 0 Å². The monoisotopic (exact) mass is 263 g/mol. The number of carbonyl (C=O) groups is 1. The van der Waals surface area contributed by atoms with E-state index in [0.29, 0.717) is 19.0 Å².